The maximum absolute atomic E-state index is 14.4. The van der Waals surface area contributed by atoms with E-state index in [1.165, 1.54) is 15.9 Å². The van der Waals surface area contributed by atoms with E-state index in [1.54, 1.807) is 45.2 Å². The zero-order chi connectivity index (χ0) is 35.9. The van der Waals surface area contributed by atoms with Crippen molar-refractivity contribution in [3.05, 3.63) is 124 Å². The quantitative estimate of drug-likeness (QED) is 0.0977. The zero-order valence-corrected chi connectivity index (χ0v) is 31.7. The Balaban J connectivity index is 1.67. The Morgan fingerprint density at radius 3 is 2.44 bits per heavy atom. The van der Waals surface area contributed by atoms with Gasteiger partial charge in [-0.3, -0.25) is 9.36 Å². The molecule has 0 amide bonds. The van der Waals surface area contributed by atoms with E-state index >= 15 is 0 Å². The molecule has 0 N–H and O–H groups in total. The van der Waals surface area contributed by atoms with Gasteiger partial charge in [-0.1, -0.05) is 63.1 Å². The molecular formula is C38H38BrClN2O7S. The van der Waals surface area contributed by atoms with Crippen molar-refractivity contribution in [2.75, 3.05) is 26.9 Å². The number of halogens is 2. The van der Waals surface area contributed by atoms with E-state index in [1.807, 2.05) is 50.2 Å². The zero-order valence-electron chi connectivity index (χ0n) is 28.5. The first kappa shape index (κ1) is 36.9. The largest absolute Gasteiger partial charge is 0.493 e. The van der Waals surface area contributed by atoms with Crippen molar-refractivity contribution in [2.45, 2.75) is 46.8 Å². The molecule has 0 aliphatic carbocycles. The number of fused-ring (bicyclic) bond motifs is 1. The van der Waals surface area contributed by atoms with Crippen LogP contribution in [0, 0.1) is 0 Å². The molecule has 2 heterocycles. The second-order valence-corrected chi connectivity index (χ2v) is 13.3. The van der Waals surface area contributed by atoms with Gasteiger partial charge in [-0.15, -0.1) is 6.58 Å². The molecule has 0 radical (unpaired) electrons. The number of aromatic nitrogens is 1. The SMILES string of the molecule is C=CCc1cc(/C=c2\sc3n(c2=O)[C@@H](c2cc(OC)c(OCC)cc2Br)C(C(=O)OCC)=C(C)N=3)cc(OCC)c1OCc1ccccc1Cl. The van der Waals surface area contributed by atoms with Gasteiger partial charge in [0.05, 0.1) is 48.8 Å². The van der Waals surface area contributed by atoms with E-state index in [-0.39, 0.29) is 24.3 Å². The van der Waals surface area contributed by atoms with Crippen LogP contribution in [0.15, 0.2) is 86.7 Å². The molecule has 3 aromatic carbocycles. The minimum atomic E-state index is -0.859. The monoisotopic (exact) mass is 780 g/mol. The van der Waals surface area contributed by atoms with Crippen molar-refractivity contribution >= 4 is 50.9 Å². The number of allylic oxidation sites excluding steroid dienone is 2. The molecule has 0 unspecified atom stereocenters. The fourth-order valence-corrected chi connectivity index (χ4v) is 7.47. The highest BCUT2D eigenvalue weighted by atomic mass is 79.9. The van der Waals surface area contributed by atoms with Crippen LogP contribution < -0.4 is 33.8 Å². The van der Waals surface area contributed by atoms with Crippen LogP contribution in [0.2, 0.25) is 5.02 Å². The molecule has 4 aromatic rings. The number of esters is 1. The van der Waals surface area contributed by atoms with E-state index in [9.17, 15) is 9.59 Å². The average molecular weight is 782 g/mol. The highest BCUT2D eigenvalue weighted by Gasteiger charge is 2.35. The van der Waals surface area contributed by atoms with Crippen molar-refractivity contribution in [1.29, 1.82) is 0 Å². The molecule has 12 heteroatoms. The lowest BCUT2D eigenvalue weighted by Crippen LogP contribution is -2.40. The normalized spacial score (nSPS) is 14.1. The van der Waals surface area contributed by atoms with Crippen LogP contribution in [0.1, 0.15) is 56.0 Å². The van der Waals surface area contributed by atoms with Gasteiger partial charge >= 0.3 is 5.97 Å². The van der Waals surface area contributed by atoms with Gasteiger partial charge in [0, 0.05) is 20.6 Å². The van der Waals surface area contributed by atoms with Crippen LogP contribution in [0.4, 0.5) is 0 Å². The van der Waals surface area contributed by atoms with Crippen LogP contribution >= 0.6 is 38.9 Å². The van der Waals surface area contributed by atoms with Gasteiger partial charge in [-0.05, 0) is 81.7 Å². The van der Waals surface area contributed by atoms with Gasteiger partial charge < -0.3 is 23.7 Å². The van der Waals surface area contributed by atoms with Gasteiger partial charge in [-0.2, -0.15) is 0 Å². The van der Waals surface area contributed by atoms with Gasteiger partial charge in [0.25, 0.3) is 5.56 Å². The van der Waals surface area contributed by atoms with Crippen LogP contribution in [0.3, 0.4) is 0 Å². The number of benzene rings is 3. The van der Waals surface area contributed by atoms with Crippen molar-refractivity contribution < 1.29 is 28.5 Å². The Morgan fingerprint density at radius 1 is 1.02 bits per heavy atom. The lowest BCUT2D eigenvalue weighted by molar-refractivity contribution is -0.139. The molecule has 262 valence electrons. The fraction of sp³-hybridized carbons (Fsp3) is 0.289. The first-order valence-electron chi connectivity index (χ1n) is 16.1. The molecule has 0 bridgehead atoms. The molecule has 0 fully saturated rings. The molecule has 5 rings (SSSR count). The van der Waals surface area contributed by atoms with Gasteiger partial charge in [0.2, 0.25) is 0 Å². The van der Waals surface area contributed by atoms with E-state index < -0.39 is 12.0 Å². The van der Waals surface area contributed by atoms with E-state index in [2.05, 4.69) is 22.5 Å². The first-order chi connectivity index (χ1) is 24.1. The van der Waals surface area contributed by atoms with Crippen molar-refractivity contribution in [3.8, 4) is 23.0 Å². The second-order valence-electron chi connectivity index (χ2n) is 11.1. The molecule has 1 aliphatic rings. The maximum Gasteiger partial charge on any atom is 0.338 e. The Hall–Kier alpha value is -4.32. The summed E-state index contributed by atoms with van der Waals surface area (Å²) in [6.07, 6.45) is 4.08. The van der Waals surface area contributed by atoms with Gasteiger partial charge in [-0.25, -0.2) is 9.79 Å². The highest BCUT2D eigenvalue weighted by Crippen LogP contribution is 2.41. The summed E-state index contributed by atoms with van der Waals surface area (Å²) in [5.41, 5.74) is 3.40. The Labute approximate surface area is 308 Å². The fourth-order valence-electron chi connectivity index (χ4n) is 5.69. The summed E-state index contributed by atoms with van der Waals surface area (Å²) in [5, 5.41) is 0.609. The average Bonchev–Trinajstić information content (AvgIpc) is 3.38. The van der Waals surface area contributed by atoms with Gasteiger partial charge in [0.1, 0.15) is 6.61 Å². The summed E-state index contributed by atoms with van der Waals surface area (Å²) in [6, 6.07) is 14.0. The van der Waals surface area contributed by atoms with Crippen LogP contribution in [0.5, 0.6) is 23.0 Å². The number of methoxy groups -OCH3 is 1. The Bertz CT molecular complexity index is 2140. The molecule has 0 saturated carbocycles. The van der Waals surface area contributed by atoms with Crippen molar-refractivity contribution in [2.24, 2.45) is 4.99 Å². The number of carbonyl (C=O) groups is 1. The maximum atomic E-state index is 14.4. The van der Waals surface area contributed by atoms with Crippen LogP contribution in [-0.2, 0) is 22.6 Å². The Morgan fingerprint density at radius 2 is 1.76 bits per heavy atom. The predicted octanol–water partition coefficient (Wildman–Crippen LogP) is 7.33. The molecule has 0 spiro atoms. The number of nitrogens with zero attached hydrogens (tertiary/aromatic N) is 2. The third-order valence-electron chi connectivity index (χ3n) is 7.84. The second kappa shape index (κ2) is 16.6. The van der Waals surface area contributed by atoms with E-state index in [0.29, 0.717) is 72.7 Å². The lowest BCUT2D eigenvalue weighted by Gasteiger charge is -2.26. The molecular weight excluding hydrogens is 744 g/mol. The summed E-state index contributed by atoms with van der Waals surface area (Å²) < 4.78 is 31.8. The Kier molecular flexibility index (Phi) is 12.3. The lowest BCUT2D eigenvalue weighted by atomic mass is 9.95. The summed E-state index contributed by atoms with van der Waals surface area (Å²) in [5.74, 6) is 1.53. The summed E-state index contributed by atoms with van der Waals surface area (Å²) in [6.45, 7) is 12.4. The molecule has 9 nitrogen and oxygen atoms in total. The first-order valence-corrected chi connectivity index (χ1v) is 18.1. The number of carbonyl (C=O) groups excluding carboxylic acids is 1. The summed E-state index contributed by atoms with van der Waals surface area (Å²) in [7, 11) is 1.54. The molecule has 50 heavy (non-hydrogen) atoms. The summed E-state index contributed by atoms with van der Waals surface area (Å²) in [4.78, 5) is 33.0. The standard InChI is InChI=1S/C38H38BrClN2O7S/c1-7-13-24-16-23(17-31(47-9-3)35(24)49-21-25-14-11-12-15-28(25)40)18-32-36(43)42-34(26-19-29(45-6)30(46-8-2)20-27(26)39)33(37(44)48-10-4)22(5)41-38(42)50-32/h7,11-12,14-20,34H,1,8-10,13,21H2,2-6H3/b32-18-/t34-/m0/s1. The molecule has 1 atom stereocenters. The third-order valence-corrected chi connectivity index (χ3v) is 9.88. The number of thiazole rings is 1. The number of hydrogen-bond acceptors (Lipinski definition) is 9. The number of hydrogen-bond donors (Lipinski definition) is 0. The minimum absolute atomic E-state index is 0.161. The van der Waals surface area contributed by atoms with E-state index in [4.69, 9.17) is 40.3 Å². The topological polar surface area (TPSA) is 97.6 Å². The number of rotatable bonds is 14. The molecule has 1 aromatic heterocycles. The van der Waals surface area contributed by atoms with Crippen molar-refractivity contribution in [3.63, 3.8) is 0 Å². The molecule has 0 saturated heterocycles. The smallest absolute Gasteiger partial charge is 0.338 e. The third kappa shape index (κ3) is 7.70. The van der Waals surface area contributed by atoms with Crippen LogP contribution in [0.25, 0.3) is 6.08 Å². The predicted molar refractivity (Wildman–Crippen MR) is 200 cm³/mol. The highest BCUT2D eigenvalue weighted by molar-refractivity contribution is 9.10. The van der Waals surface area contributed by atoms with E-state index in [0.717, 1.165) is 16.7 Å². The summed E-state index contributed by atoms with van der Waals surface area (Å²) >= 11 is 11.3. The molecule has 1 aliphatic heterocycles. The minimum Gasteiger partial charge on any atom is -0.493 e. The van der Waals surface area contributed by atoms with Crippen LogP contribution in [-0.4, -0.2) is 37.5 Å². The van der Waals surface area contributed by atoms with Crippen molar-refractivity contribution in [1.82, 2.24) is 4.57 Å². The number of ether oxygens (including phenoxy) is 5. The van der Waals surface area contributed by atoms with Gasteiger partial charge in [0.15, 0.2) is 27.8 Å².